The summed E-state index contributed by atoms with van der Waals surface area (Å²) in [5.41, 5.74) is 4.01. The van der Waals surface area contributed by atoms with Crippen LogP contribution in [0.25, 0.3) is 10.9 Å². The highest BCUT2D eigenvalue weighted by Crippen LogP contribution is 2.23. The Morgan fingerprint density at radius 2 is 2.10 bits per heavy atom. The van der Waals surface area contributed by atoms with E-state index >= 15 is 0 Å². The number of likely N-dealkylation sites (tertiary alicyclic amines) is 1. The lowest BCUT2D eigenvalue weighted by Gasteiger charge is -2.32. The number of aryl methyl sites for hydroxylation is 1. The van der Waals surface area contributed by atoms with Gasteiger partial charge in [0.15, 0.2) is 0 Å². The van der Waals surface area contributed by atoms with Crippen LogP contribution in [0.2, 0.25) is 0 Å². The van der Waals surface area contributed by atoms with E-state index < -0.39 is 0 Å². The van der Waals surface area contributed by atoms with E-state index in [2.05, 4.69) is 44.1 Å². The molecule has 0 bridgehead atoms. The van der Waals surface area contributed by atoms with Crippen LogP contribution in [0.4, 0.5) is 0 Å². The number of aromatic nitrogens is 3. The SMILES string of the molecule is Cc1nc(CC2CCCN(Cc3ccc4cc[nH]c4c3)C2)cc(C(=O)N(C)C)n1. The monoisotopic (exact) mass is 391 g/mol. The summed E-state index contributed by atoms with van der Waals surface area (Å²) in [7, 11) is 3.51. The molecule has 0 radical (unpaired) electrons. The van der Waals surface area contributed by atoms with E-state index in [9.17, 15) is 4.79 Å². The van der Waals surface area contributed by atoms with Crippen LogP contribution in [0.5, 0.6) is 0 Å². The van der Waals surface area contributed by atoms with Crippen LogP contribution in [0.15, 0.2) is 36.5 Å². The first-order chi connectivity index (χ1) is 14.0. The number of piperidine rings is 1. The second-order valence-electron chi connectivity index (χ2n) is 8.34. The van der Waals surface area contributed by atoms with Crippen LogP contribution in [0.1, 0.15) is 40.4 Å². The second-order valence-corrected chi connectivity index (χ2v) is 8.34. The van der Waals surface area contributed by atoms with Crippen molar-refractivity contribution in [3.05, 3.63) is 59.3 Å². The predicted octanol–water partition coefficient (Wildman–Crippen LogP) is 3.42. The normalized spacial score (nSPS) is 17.6. The molecule has 1 aliphatic heterocycles. The van der Waals surface area contributed by atoms with Crippen molar-refractivity contribution in [1.29, 1.82) is 0 Å². The summed E-state index contributed by atoms with van der Waals surface area (Å²) < 4.78 is 0. The molecule has 2 aromatic heterocycles. The van der Waals surface area contributed by atoms with Crippen LogP contribution in [0.3, 0.4) is 0 Å². The Kier molecular flexibility index (Phi) is 5.62. The molecule has 4 rings (SSSR count). The second kappa shape index (κ2) is 8.33. The zero-order chi connectivity index (χ0) is 20.4. The van der Waals surface area contributed by atoms with Gasteiger partial charge < -0.3 is 9.88 Å². The lowest BCUT2D eigenvalue weighted by Crippen LogP contribution is -2.36. The summed E-state index contributed by atoms with van der Waals surface area (Å²) in [6.45, 7) is 5.02. The van der Waals surface area contributed by atoms with Gasteiger partial charge in [-0.15, -0.1) is 0 Å². The third-order valence-corrected chi connectivity index (χ3v) is 5.64. The quantitative estimate of drug-likeness (QED) is 0.724. The number of amides is 1. The minimum Gasteiger partial charge on any atom is -0.361 e. The van der Waals surface area contributed by atoms with Gasteiger partial charge in [0.25, 0.3) is 5.91 Å². The summed E-state index contributed by atoms with van der Waals surface area (Å²) in [5, 5.41) is 1.26. The maximum Gasteiger partial charge on any atom is 0.272 e. The number of benzene rings is 1. The van der Waals surface area contributed by atoms with Gasteiger partial charge in [-0.3, -0.25) is 9.69 Å². The molecule has 0 aliphatic carbocycles. The van der Waals surface area contributed by atoms with Gasteiger partial charge in [-0.2, -0.15) is 0 Å². The largest absolute Gasteiger partial charge is 0.361 e. The van der Waals surface area contributed by atoms with Crippen molar-refractivity contribution in [1.82, 2.24) is 24.8 Å². The number of hydrogen-bond donors (Lipinski definition) is 1. The zero-order valence-electron chi connectivity index (χ0n) is 17.5. The van der Waals surface area contributed by atoms with Crippen LogP contribution >= 0.6 is 0 Å². The van der Waals surface area contributed by atoms with Gasteiger partial charge in [0.1, 0.15) is 11.5 Å². The highest BCUT2D eigenvalue weighted by molar-refractivity contribution is 5.92. The first-order valence-electron chi connectivity index (χ1n) is 10.3. The van der Waals surface area contributed by atoms with Gasteiger partial charge in [0, 0.05) is 44.6 Å². The Labute approximate surface area is 172 Å². The van der Waals surface area contributed by atoms with Crippen molar-refractivity contribution >= 4 is 16.8 Å². The highest BCUT2D eigenvalue weighted by atomic mass is 16.2. The third-order valence-electron chi connectivity index (χ3n) is 5.64. The van der Waals surface area contributed by atoms with Crippen LogP contribution in [0, 0.1) is 12.8 Å². The molecule has 1 unspecified atom stereocenters. The highest BCUT2D eigenvalue weighted by Gasteiger charge is 2.22. The Morgan fingerprint density at radius 3 is 2.93 bits per heavy atom. The molecule has 29 heavy (non-hydrogen) atoms. The summed E-state index contributed by atoms with van der Waals surface area (Å²) in [6, 6.07) is 10.6. The minimum absolute atomic E-state index is 0.0678. The fraction of sp³-hybridized carbons (Fsp3) is 0.435. The van der Waals surface area contributed by atoms with Crippen LogP contribution in [-0.2, 0) is 13.0 Å². The molecule has 152 valence electrons. The van der Waals surface area contributed by atoms with Crippen molar-refractivity contribution in [2.24, 2.45) is 5.92 Å². The minimum atomic E-state index is -0.0678. The van der Waals surface area contributed by atoms with Crippen molar-refractivity contribution in [3.8, 4) is 0 Å². The number of carbonyl (C=O) groups is 1. The predicted molar refractivity (Wildman–Crippen MR) is 115 cm³/mol. The molecule has 1 fully saturated rings. The Hall–Kier alpha value is -2.73. The van der Waals surface area contributed by atoms with Gasteiger partial charge in [-0.25, -0.2) is 9.97 Å². The molecule has 3 aromatic rings. The van der Waals surface area contributed by atoms with E-state index in [0.717, 1.165) is 31.7 Å². The summed E-state index contributed by atoms with van der Waals surface area (Å²) >= 11 is 0. The molecule has 1 amide bonds. The average Bonchev–Trinajstić information content (AvgIpc) is 3.15. The van der Waals surface area contributed by atoms with Crippen molar-refractivity contribution in [2.45, 2.75) is 32.7 Å². The van der Waals surface area contributed by atoms with E-state index in [0.29, 0.717) is 17.4 Å². The van der Waals surface area contributed by atoms with Gasteiger partial charge >= 0.3 is 0 Å². The van der Waals surface area contributed by atoms with Gasteiger partial charge in [0.2, 0.25) is 0 Å². The number of rotatable bonds is 5. The van der Waals surface area contributed by atoms with E-state index in [4.69, 9.17) is 0 Å². The number of nitrogens with zero attached hydrogens (tertiary/aromatic N) is 4. The molecule has 1 aromatic carbocycles. The average molecular weight is 392 g/mol. The van der Waals surface area contributed by atoms with Crippen LogP contribution < -0.4 is 0 Å². The summed E-state index contributed by atoms with van der Waals surface area (Å²) in [5.74, 6) is 1.15. The maximum absolute atomic E-state index is 12.3. The maximum atomic E-state index is 12.3. The van der Waals surface area contributed by atoms with Crippen molar-refractivity contribution < 1.29 is 4.79 Å². The number of nitrogens with one attached hydrogen (secondary N) is 1. The summed E-state index contributed by atoms with van der Waals surface area (Å²) in [6.07, 6.45) is 5.28. The standard InChI is InChI=1S/C23H29N5O/c1-16-25-20(13-22(26-16)23(29)27(2)3)11-17-5-4-10-28(14-17)15-18-6-7-19-8-9-24-21(19)12-18/h6-9,12-13,17,24H,4-5,10-11,14-15H2,1-3H3. The molecular formula is C23H29N5O. The molecule has 1 saturated heterocycles. The van der Waals surface area contributed by atoms with Gasteiger partial charge in [0.05, 0.1) is 0 Å². The molecule has 0 spiro atoms. The fourth-order valence-corrected chi connectivity index (χ4v) is 4.28. The zero-order valence-corrected chi connectivity index (χ0v) is 17.5. The van der Waals surface area contributed by atoms with E-state index in [1.807, 2.05) is 19.2 Å². The molecule has 3 heterocycles. The van der Waals surface area contributed by atoms with E-state index in [1.54, 1.807) is 19.0 Å². The van der Waals surface area contributed by atoms with E-state index in [1.165, 1.54) is 29.3 Å². The Bertz CT molecular complexity index is 1010. The van der Waals surface area contributed by atoms with Gasteiger partial charge in [-0.1, -0.05) is 12.1 Å². The first-order valence-corrected chi connectivity index (χ1v) is 10.3. The number of aromatic amines is 1. The number of fused-ring (bicyclic) bond motifs is 1. The molecule has 6 heteroatoms. The molecule has 1 N–H and O–H groups in total. The third kappa shape index (κ3) is 4.65. The number of H-pyrrole nitrogens is 1. The molecule has 6 nitrogen and oxygen atoms in total. The van der Waals surface area contributed by atoms with Crippen LogP contribution in [-0.4, -0.2) is 57.8 Å². The van der Waals surface area contributed by atoms with Crippen molar-refractivity contribution in [2.75, 3.05) is 27.2 Å². The topological polar surface area (TPSA) is 65.1 Å². The molecule has 1 atom stereocenters. The summed E-state index contributed by atoms with van der Waals surface area (Å²) in [4.78, 5) is 28.6. The molecular weight excluding hydrogens is 362 g/mol. The first kappa shape index (κ1) is 19.6. The molecule has 0 saturated carbocycles. The lowest BCUT2D eigenvalue weighted by atomic mass is 9.92. The lowest BCUT2D eigenvalue weighted by molar-refractivity contribution is 0.0821. The Morgan fingerprint density at radius 1 is 1.24 bits per heavy atom. The number of hydrogen-bond acceptors (Lipinski definition) is 4. The van der Waals surface area contributed by atoms with Crippen molar-refractivity contribution in [3.63, 3.8) is 0 Å². The molecule has 1 aliphatic rings. The smallest absolute Gasteiger partial charge is 0.272 e. The Balaban J connectivity index is 1.42. The van der Waals surface area contributed by atoms with Gasteiger partial charge in [-0.05, 0) is 67.8 Å². The van der Waals surface area contributed by atoms with E-state index in [-0.39, 0.29) is 5.91 Å². The number of carbonyl (C=O) groups excluding carboxylic acids is 1. The fourth-order valence-electron chi connectivity index (χ4n) is 4.28.